The van der Waals surface area contributed by atoms with Gasteiger partial charge < -0.3 is 20.1 Å². The standard InChI is InChI=1S/C16H25NO.C9H13NO.C7H15N.3C2H6/c1-3-9-18-10-5-8-14-6-4-7-15-12-17-13(2)11-16(14)15;1-2-6-10-8-4-3-7-11-9(8)5-1;1-8-7-5-3-2-4-6-7;3*1-2/h4,6-7,13,17H,3,5,8-12H2,1-2H3;5H,1-4,6-7H2;7-8H,2-6H2,1H3;3*1-2H3. The van der Waals surface area contributed by atoms with E-state index in [2.05, 4.69) is 60.8 Å². The molecule has 0 aromatic heterocycles. The van der Waals surface area contributed by atoms with Gasteiger partial charge in [-0.3, -0.25) is 4.99 Å². The molecule has 1 aromatic rings. The lowest BCUT2D eigenvalue weighted by atomic mass is 9.90. The van der Waals surface area contributed by atoms with Crippen molar-refractivity contribution in [1.82, 2.24) is 10.6 Å². The van der Waals surface area contributed by atoms with Gasteiger partial charge in [-0.05, 0) is 101 Å². The predicted molar refractivity (Wildman–Crippen MR) is 191 cm³/mol. The summed E-state index contributed by atoms with van der Waals surface area (Å²) in [4.78, 5) is 4.47. The van der Waals surface area contributed by atoms with Crippen LogP contribution in [0.1, 0.15) is 143 Å². The van der Waals surface area contributed by atoms with Gasteiger partial charge in [0.05, 0.1) is 12.3 Å². The largest absolute Gasteiger partial charge is 0.492 e. The van der Waals surface area contributed by atoms with Crippen LogP contribution in [-0.4, -0.2) is 51.2 Å². The van der Waals surface area contributed by atoms with Crippen LogP contribution < -0.4 is 10.6 Å². The molecule has 0 bridgehead atoms. The topological polar surface area (TPSA) is 54.9 Å². The molecule has 1 unspecified atom stereocenters. The Balaban J connectivity index is 0.000000603. The average molecular weight is 602 g/mol. The lowest BCUT2D eigenvalue weighted by Gasteiger charge is -2.25. The molecule has 3 heterocycles. The number of ether oxygens (including phenoxy) is 2. The maximum absolute atomic E-state index is 5.56. The molecule has 2 N–H and O–H groups in total. The zero-order valence-electron chi connectivity index (χ0n) is 30.0. The van der Waals surface area contributed by atoms with Crippen molar-refractivity contribution in [2.45, 2.75) is 157 Å². The van der Waals surface area contributed by atoms with E-state index in [9.17, 15) is 0 Å². The second-order valence-corrected chi connectivity index (χ2v) is 10.9. The minimum atomic E-state index is 0.606. The van der Waals surface area contributed by atoms with Crippen LogP contribution in [0.15, 0.2) is 35.0 Å². The summed E-state index contributed by atoms with van der Waals surface area (Å²) in [5, 5.41) is 6.83. The number of fused-ring (bicyclic) bond motifs is 2. The Morgan fingerprint density at radius 1 is 0.977 bits per heavy atom. The van der Waals surface area contributed by atoms with E-state index in [1.54, 1.807) is 5.56 Å². The van der Waals surface area contributed by atoms with E-state index >= 15 is 0 Å². The summed E-state index contributed by atoms with van der Waals surface area (Å²) >= 11 is 0. The Kier molecular flexibility index (Phi) is 27.9. The summed E-state index contributed by atoms with van der Waals surface area (Å²) in [5.41, 5.74) is 5.80. The van der Waals surface area contributed by atoms with Crippen LogP contribution in [0.4, 0.5) is 0 Å². The molecule has 250 valence electrons. The second-order valence-electron chi connectivity index (χ2n) is 10.9. The van der Waals surface area contributed by atoms with E-state index < -0.39 is 0 Å². The summed E-state index contributed by atoms with van der Waals surface area (Å²) in [7, 11) is 2.07. The molecule has 1 aliphatic carbocycles. The molecule has 2 fully saturated rings. The van der Waals surface area contributed by atoms with Crippen LogP contribution in [0.3, 0.4) is 0 Å². The zero-order chi connectivity index (χ0) is 32.1. The fraction of sp³-hybridized carbons (Fsp3) is 0.763. The molecule has 5 nitrogen and oxygen atoms in total. The van der Waals surface area contributed by atoms with Gasteiger partial charge in [0.25, 0.3) is 0 Å². The summed E-state index contributed by atoms with van der Waals surface area (Å²) in [6.07, 6.45) is 18.4. The Hall–Kier alpha value is -1.69. The van der Waals surface area contributed by atoms with Crippen molar-refractivity contribution in [3.8, 4) is 0 Å². The minimum absolute atomic E-state index is 0.606. The van der Waals surface area contributed by atoms with Crippen molar-refractivity contribution in [2.24, 2.45) is 4.99 Å². The number of nitrogens with zero attached hydrogens (tertiary/aromatic N) is 1. The van der Waals surface area contributed by atoms with E-state index in [0.29, 0.717) is 6.04 Å². The molecule has 0 amide bonds. The minimum Gasteiger partial charge on any atom is -0.492 e. The molecule has 5 heteroatoms. The van der Waals surface area contributed by atoms with Gasteiger partial charge in [-0.1, -0.05) is 85.9 Å². The molecular weight excluding hydrogens is 530 g/mol. The maximum Gasteiger partial charge on any atom is 0.136 e. The third-order valence-corrected chi connectivity index (χ3v) is 7.71. The first-order valence-corrected chi connectivity index (χ1v) is 18.2. The predicted octanol–water partition coefficient (Wildman–Crippen LogP) is 9.61. The van der Waals surface area contributed by atoms with Gasteiger partial charge in [0, 0.05) is 38.4 Å². The third kappa shape index (κ3) is 18.0. The number of allylic oxidation sites excluding steroid dienone is 2. The molecule has 1 saturated heterocycles. The first-order chi connectivity index (χ1) is 21.2. The number of hydrogen-bond acceptors (Lipinski definition) is 5. The van der Waals surface area contributed by atoms with Gasteiger partial charge >= 0.3 is 0 Å². The average Bonchev–Trinajstić information content (AvgIpc) is 3.34. The quantitative estimate of drug-likeness (QED) is 0.306. The molecule has 1 atom stereocenters. The molecule has 5 rings (SSSR count). The highest BCUT2D eigenvalue weighted by molar-refractivity contribution is 5.99. The molecule has 3 aliphatic heterocycles. The lowest BCUT2D eigenvalue weighted by Crippen LogP contribution is -2.33. The fourth-order valence-electron chi connectivity index (χ4n) is 5.52. The van der Waals surface area contributed by atoms with Crippen LogP contribution in [0, 0.1) is 0 Å². The lowest BCUT2D eigenvalue weighted by molar-refractivity contribution is 0.132. The van der Waals surface area contributed by atoms with Gasteiger partial charge in [0.15, 0.2) is 0 Å². The molecule has 0 radical (unpaired) electrons. The van der Waals surface area contributed by atoms with Gasteiger partial charge in [-0.2, -0.15) is 0 Å². The Labute approximate surface area is 268 Å². The zero-order valence-corrected chi connectivity index (χ0v) is 30.0. The van der Waals surface area contributed by atoms with E-state index in [1.165, 1.54) is 61.8 Å². The number of rotatable bonds is 7. The van der Waals surface area contributed by atoms with Crippen LogP contribution in [-0.2, 0) is 28.9 Å². The first-order valence-electron chi connectivity index (χ1n) is 18.2. The summed E-state index contributed by atoms with van der Waals surface area (Å²) < 4.78 is 11.0. The summed E-state index contributed by atoms with van der Waals surface area (Å²) in [5.74, 6) is 1.06. The van der Waals surface area contributed by atoms with Gasteiger partial charge in [0.2, 0.25) is 0 Å². The smallest absolute Gasteiger partial charge is 0.136 e. The Morgan fingerprint density at radius 3 is 2.40 bits per heavy atom. The van der Waals surface area contributed by atoms with Gasteiger partial charge in [0.1, 0.15) is 5.76 Å². The highest BCUT2D eigenvalue weighted by Gasteiger charge is 2.17. The monoisotopic (exact) mass is 602 g/mol. The second kappa shape index (κ2) is 29.0. The highest BCUT2D eigenvalue weighted by atomic mass is 16.5. The van der Waals surface area contributed by atoms with Crippen molar-refractivity contribution in [3.63, 3.8) is 0 Å². The van der Waals surface area contributed by atoms with E-state index in [1.807, 2.05) is 41.5 Å². The number of hydrogen-bond donors (Lipinski definition) is 2. The van der Waals surface area contributed by atoms with E-state index in [0.717, 1.165) is 83.2 Å². The van der Waals surface area contributed by atoms with Crippen LogP contribution >= 0.6 is 0 Å². The molecule has 1 aromatic carbocycles. The van der Waals surface area contributed by atoms with Crippen molar-refractivity contribution in [1.29, 1.82) is 0 Å². The van der Waals surface area contributed by atoms with Crippen LogP contribution in [0.2, 0.25) is 0 Å². The van der Waals surface area contributed by atoms with Gasteiger partial charge in [-0.15, -0.1) is 0 Å². The SMILES string of the molecule is C1=C2OCCCC2=NCCC1.CC.CC.CC.CCCOCCCc1cccc2c1CC(C)NC2.CNC1CCCCC1. The van der Waals surface area contributed by atoms with Crippen molar-refractivity contribution < 1.29 is 9.47 Å². The fourth-order valence-corrected chi connectivity index (χ4v) is 5.52. The number of benzene rings is 1. The Morgan fingerprint density at radius 2 is 1.72 bits per heavy atom. The number of aliphatic imine (C=N–C) groups is 1. The van der Waals surface area contributed by atoms with Crippen LogP contribution in [0.25, 0.3) is 0 Å². The maximum atomic E-state index is 5.56. The highest BCUT2D eigenvalue weighted by Crippen LogP contribution is 2.22. The molecule has 0 spiro atoms. The normalized spacial score (nSPS) is 18.8. The van der Waals surface area contributed by atoms with Crippen molar-refractivity contribution in [3.05, 3.63) is 46.7 Å². The summed E-state index contributed by atoms with van der Waals surface area (Å²) in [6, 6.07) is 8.18. The molecule has 43 heavy (non-hydrogen) atoms. The van der Waals surface area contributed by atoms with Crippen molar-refractivity contribution >= 4 is 5.71 Å². The Bertz CT molecular complexity index is 808. The number of aryl methyl sites for hydroxylation is 1. The molecule has 1 saturated carbocycles. The van der Waals surface area contributed by atoms with E-state index in [4.69, 9.17) is 9.47 Å². The molecule has 4 aliphatic rings. The summed E-state index contributed by atoms with van der Waals surface area (Å²) in [6.45, 7) is 21.1. The van der Waals surface area contributed by atoms with Crippen LogP contribution in [0.5, 0.6) is 0 Å². The molecular formula is C38H71N3O2. The first kappa shape index (κ1) is 41.3. The van der Waals surface area contributed by atoms with Gasteiger partial charge in [-0.25, -0.2) is 0 Å². The van der Waals surface area contributed by atoms with E-state index in [-0.39, 0.29) is 0 Å². The van der Waals surface area contributed by atoms with Crippen molar-refractivity contribution in [2.75, 3.05) is 33.4 Å². The third-order valence-electron chi connectivity index (χ3n) is 7.71. The number of nitrogens with one attached hydrogen (secondary N) is 2.